The third-order valence-corrected chi connectivity index (χ3v) is 3.41. The Kier molecular flexibility index (Phi) is 6.11. The number of benzene rings is 2. The largest absolute Gasteiger partial charge is 0.351 e. The number of anilines is 2. The van der Waals surface area contributed by atoms with E-state index < -0.39 is 12.1 Å². The van der Waals surface area contributed by atoms with Crippen molar-refractivity contribution in [2.75, 3.05) is 10.6 Å². The zero-order valence-electron chi connectivity index (χ0n) is 13.8. The average molecular weight is 340 g/mol. The highest BCUT2D eigenvalue weighted by Crippen LogP contribution is 2.19. The minimum atomic E-state index is -0.655. The van der Waals surface area contributed by atoms with Crippen molar-refractivity contribution in [2.24, 2.45) is 5.73 Å². The fraction of sp³-hybridized carbons (Fsp3) is 0.167. The van der Waals surface area contributed by atoms with Gasteiger partial charge in [-0.2, -0.15) is 0 Å². The zero-order valence-corrected chi connectivity index (χ0v) is 13.8. The normalized spacial score (nSPS) is 11.2. The molecule has 7 nitrogen and oxygen atoms in total. The number of nitrogens with two attached hydrogens (primary N) is 1. The number of carbonyl (C=O) groups excluding carboxylic acids is 3. The van der Waals surface area contributed by atoms with Gasteiger partial charge in [-0.1, -0.05) is 30.3 Å². The highest BCUT2D eigenvalue weighted by molar-refractivity contribution is 5.92. The van der Waals surface area contributed by atoms with Crippen molar-refractivity contribution in [3.8, 4) is 0 Å². The zero-order chi connectivity index (χ0) is 18.2. The lowest BCUT2D eigenvalue weighted by atomic mass is 10.0. The van der Waals surface area contributed by atoms with Crippen LogP contribution in [0.1, 0.15) is 24.9 Å². The van der Waals surface area contributed by atoms with Gasteiger partial charge in [0.25, 0.3) is 0 Å². The molecule has 4 amide bonds. The van der Waals surface area contributed by atoms with Crippen molar-refractivity contribution in [3.63, 3.8) is 0 Å². The van der Waals surface area contributed by atoms with E-state index in [4.69, 9.17) is 5.73 Å². The smallest absolute Gasteiger partial charge is 0.316 e. The standard InChI is InChI=1S/C18H20N4O3/c1-12(23)20-16(13-5-3-2-4-6-13)11-17(24)21-14-7-9-15(10-8-14)22-18(19)25/h2-10,16H,11H2,1H3,(H,20,23)(H,21,24)(H3,19,22,25). The first kappa shape index (κ1) is 18.0. The Morgan fingerprint density at radius 3 is 2.00 bits per heavy atom. The molecular formula is C18H20N4O3. The van der Waals surface area contributed by atoms with E-state index in [1.807, 2.05) is 30.3 Å². The van der Waals surface area contributed by atoms with E-state index >= 15 is 0 Å². The number of hydrogen-bond donors (Lipinski definition) is 4. The molecular weight excluding hydrogens is 320 g/mol. The molecule has 0 aromatic heterocycles. The molecule has 5 N–H and O–H groups in total. The van der Waals surface area contributed by atoms with Gasteiger partial charge in [0.05, 0.1) is 12.5 Å². The van der Waals surface area contributed by atoms with Crippen LogP contribution in [0.15, 0.2) is 54.6 Å². The van der Waals surface area contributed by atoms with Gasteiger partial charge in [0.15, 0.2) is 0 Å². The van der Waals surface area contributed by atoms with Crippen molar-refractivity contribution >= 4 is 29.2 Å². The molecule has 0 spiro atoms. The molecule has 0 bridgehead atoms. The Morgan fingerprint density at radius 1 is 0.920 bits per heavy atom. The van der Waals surface area contributed by atoms with E-state index in [0.717, 1.165) is 5.56 Å². The summed E-state index contributed by atoms with van der Waals surface area (Å²) in [7, 11) is 0. The third-order valence-electron chi connectivity index (χ3n) is 3.41. The van der Waals surface area contributed by atoms with E-state index in [1.165, 1.54) is 6.92 Å². The maximum atomic E-state index is 12.3. The van der Waals surface area contributed by atoms with Crippen LogP contribution in [0.4, 0.5) is 16.2 Å². The molecule has 130 valence electrons. The Bertz CT molecular complexity index is 745. The number of urea groups is 1. The van der Waals surface area contributed by atoms with Crippen LogP contribution in [0.3, 0.4) is 0 Å². The molecule has 0 saturated heterocycles. The second-order valence-corrected chi connectivity index (χ2v) is 5.48. The predicted octanol–water partition coefficient (Wildman–Crippen LogP) is 2.38. The molecule has 2 aromatic carbocycles. The fourth-order valence-corrected chi connectivity index (χ4v) is 2.36. The number of hydrogen-bond acceptors (Lipinski definition) is 3. The SMILES string of the molecule is CC(=O)NC(CC(=O)Nc1ccc(NC(N)=O)cc1)c1ccccc1. The molecule has 2 rings (SSSR count). The van der Waals surface area contributed by atoms with E-state index in [-0.39, 0.29) is 18.2 Å². The number of rotatable bonds is 6. The monoisotopic (exact) mass is 340 g/mol. The van der Waals surface area contributed by atoms with Gasteiger partial charge in [0.2, 0.25) is 11.8 Å². The minimum Gasteiger partial charge on any atom is -0.351 e. The number of primary amides is 1. The summed E-state index contributed by atoms with van der Waals surface area (Å²) in [5, 5.41) is 7.98. The number of amides is 4. The van der Waals surface area contributed by atoms with Gasteiger partial charge < -0.3 is 21.7 Å². The first-order valence-electron chi connectivity index (χ1n) is 7.72. The third kappa shape index (κ3) is 5.98. The summed E-state index contributed by atoms with van der Waals surface area (Å²) in [6, 6.07) is 14.8. The highest BCUT2D eigenvalue weighted by atomic mass is 16.2. The predicted molar refractivity (Wildman–Crippen MR) is 95.9 cm³/mol. The lowest BCUT2D eigenvalue weighted by molar-refractivity contribution is -0.120. The molecule has 0 fully saturated rings. The van der Waals surface area contributed by atoms with Crippen LogP contribution in [-0.4, -0.2) is 17.8 Å². The first-order chi connectivity index (χ1) is 11.9. The Morgan fingerprint density at radius 2 is 1.48 bits per heavy atom. The number of carbonyl (C=O) groups is 3. The van der Waals surface area contributed by atoms with Gasteiger partial charge >= 0.3 is 6.03 Å². The van der Waals surface area contributed by atoms with Gasteiger partial charge in [0.1, 0.15) is 0 Å². The van der Waals surface area contributed by atoms with Gasteiger partial charge in [-0.3, -0.25) is 9.59 Å². The van der Waals surface area contributed by atoms with Gasteiger partial charge in [-0.25, -0.2) is 4.79 Å². The second kappa shape index (κ2) is 8.49. The maximum Gasteiger partial charge on any atom is 0.316 e. The minimum absolute atomic E-state index is 0.102. The van der Waals surface area contributed by atoms with Crippen molar-refractivity contribution < 1.29 is 14.4 Å². The summed E-state index contributed by atoms with van der Waals surface area (Å²) in [6.45, 7) is 1.41. The Balaban J connectivity index is 2.01. The van der Waals surface area contributed by atoms with Crippen molar-refractivity contribution in [1.29, 1.82) is 0 Å². The van der Waals surface area contributed by atoms with Crippen molar-refractivity contribution in [1.82, 2.24) is 5.32 Å². The molecule has 1 atom stereocenters. The Hall–Kier alpha value is -3.35. The summed E-state index contributed by atoms with van der Waals surface area (Å²) < 4.78 is 0. The molecule has 0 saturated carbocycles. The van der Waals surface area contributed by atoms with Crippen LogP contribution in [0, 0.1) is 0 Å². The molecule has 0 heterocycles. The van der Waals surface area contributed by atoms with E-state index in [1.54, 1.807) is 24.3 Å². The topological polar surface area (TPSA) is 113 Å². The van der Waals surface area contributed by atoms with E-state index in [0.29, 0.717) is 11.4 Å². The number of nitrogens with one attached hydrogen (secondary N) is 3. The molecule has 1 unspecified atom stereocenters. The van der Waals surface area contributed by atoms with Crippen LogP contribution < -0.4 is 21.7 Å². The van der Waals surface area contributed by atoms with Gasteiger partial charge in [-0.15, -0.1) is 0 Å². The van der Waals surface area contributed by atoms with Crippen LogP contribution in [-0.2, 0) is 9.59 Å². The molecule has 7 heteroatoms. The molecule has 2 aromatic rings. The lowest BCUT2D eigenvalue weighted by Gasteiger charge is -2.18. The van der Waals surface area contributed by atoms with E-state index in [2.05, 4.69) is 16.0 Å². The second-order valence-electron chi connectivity index (χ2n) is 5.48. The first-order valence-corrected chi connectivity index (χ1v) is 7.72. The average Bonchev–Trinajstić information content (AvgIpc) is 2.56. The maximum absolute atomic E-state index is 12.3. The quantitative estimate of drug-likeness (QED) is 0.647. The molecule has 0 aliphatic rings. The van der Waals surface area contributed by atoms with Crippen LogP contribution >= 0.6 is 0 Å². The summed E-state index contributed by atoms with van der Waals surface area (Å²) >= 11 is 0. The van der Waals surface area contributed by atoms with Gasteiger partial charge in [0, 0.05) is 18.3 Å². The molecule has 25 heavy (non-hydrogen) atoms. The van der Waals surface area contributed by atoms with Crippen molar-refractivity contribution in [2.45, 2.75) is 19.4 Å². The molecule has 0 aliphatic heterocycles. The van der Waals surface area contributed by atoms with Crippen LogP contribution in [0.5, 0.6) is 0 Å². The summed E-state index contributed by atoms with van der Waals surface area (Å²) in [5.41, 5.74) is 7.01. The van der Waals surface area contributed by atoms with Crippen molar-refractivity contribution in [3.05, 3.63) is 60.2 Å². The highest BCUT2D eigenvalue weighted by Gasteiger charge is 2.17. The summed E-state index contributed by atoms with van der Waals surface area (Å²) in [5.74, 6) is -0.443. The van der Waals surface area contributed by atoms with Gasteiger partial charge in [-0.05, 0) is 29.8 Å². The van der Waals surface area contributed by atoms with Crippen LogP contribution in [0.2, 0.25) is 0 Å². The summed E-state index contributed by atoms with van der Waals surface area (Å²) in [6.07, 6.45) is 0.102. The lowest BCUT2D eigenvalue weighted by Crippen LogP contribution is -2.29. The van der Waals surface area contributed by atoms with Crippen LogP contribution in [0.25, 0.3) is 0 Å². The van der Waals surface area contributed by atoms with E-state index in [9.17, 15) is 14.4 Å². The molecule has 0 aliphatic carbocycles. The summed E-state index contributed by atoms with van der Waals surface area (Å²) in [4.78, 5) is 34.5. The Labute approximate surface area is 145 Å². The molecule has 0 radical (unpaired) electrons. The fourth-order valence-electron chi connectivity index (χ4n) is 2.36.